The first-order valence-corrected chi connectivity index (χ1v) is 8.64. The van der Waals surface area contributed by atoms with E-state index in [1.165, 1.54) is 31.6 Å². The van der Waals surface area contributed by atoms with Gasteiger partial charge in [0.1, 0.15) is 17.6 Å². The van der Waals surface area contributed by atoms with E-state index in [2.05, 4.69) is 0 Å². The van der Waals surface area contributed by atoms with E-state index in [-0.39, 0.29) is 17.2 Å². The highest BCUT2D eigenvalue weighted by Crippen LogP contribution is 2.31. The predicted molar refractivity (Wildman–Crippen MR) is 94.1 cm³/mol. The van der Waals surface area contributed by atoms with Crippen molar-refractivity contribution in [2.45, 2.75) is 12.5 Å². The van der Waals surface area contributed by atoms with E-state index < -0.39 is 17.8 Å². The molecule has 1 aromatic heterocycles. The van der Waals surface area contributed by atoms with E-state index in [1.54, 1.807) is 21.9 Å². The van der Waals surface area contributed by atoms with Crippen molar-refractivity contribution >= 4 is 11.9 Å². The summed E-state index contributed by atoms with van der Waals surface area (Å²) < 4.78 is 24.1. The standard InChI is InChI=1S/C19H21FN2O5/c1-26-15-6-5-13(20)12-14(15)17(19(24)25)21-7-3-8-22(10-9-21)18(23)16-4-2-11-27-16/h2,4-6,11-12,17H,3,7-10H2,1H3,(H,24,25). The zero-order chi connectivity index (χ0) is 19.4. The molecule has 7 nitrogen and oxygen atoms in total. The van der Waals surface area contributed by atoms with Gasteiger partial charge in [0.25, 0.3) is 5.91 Å². The fourth-order valence-corrected chi connectivity index (χ4v) is 3.36. The van der Waals surface area contributed by atoms with E-state index in [0.717, 1.165) is 0 Å². The summed E-state index contributed by atoms with van der Waals surface area (Å²) in [5.41, 5.74) is 0.260. The molecule has 0 aliphatic carbocycles. The average molecular weight is 376 g/mol. The Morgan fingerprint density at radius 2 is 2.04 bits per heavy atom. The van der Waals surface area contributed by atoms with E-state index in [0.29, 0.717) is 38.3 Å². The van der Waals surface area contributed by atoms with Crippen LogP contribution in [-0.2, 0) is 4.79 Å². The Bertz CT molecular complexity index is 808. The molecule has 3 rings (SSSR count). The lowest BCUT2D eigenvalue weighted by Crippen LogP contribution is -2.38. The molecule has 1 saturated heterocycles. The van der Waals surface area contributed by atoms with Gasteiger partial charge in [0, 0.05) is 31.7 Å². The average Bonchev–Trinajstić information content (AvgIpc) is 3.08. The first-order valence-electron chi connectivity index (χ1n) is 8.64. The van der Waals surface area contributed by atoms with Crippen molar-refractivity contribution < 1.29 is 28.2 Å². The molecule has 8 heteroatoms. The second-order valence-electron chi connectivity index (χ2n) is 6.29. The number of ether oxygens (including phenoxy) is 1. The maximum atomic E-state index is 13.7. The predicted octanol–water partition coefficient (Wildman–Crippen LogP) is 2.40. The second-order valence-corrected chi connectivity index (χ2v) is 6.29. The minimum absolute atomic E-state index is 0.225. The summed E-state index contributed by atoms with van der Waals surface area (Å²) in [5.74, 6) is -1.27. The molecule has 1 atom stereocenters. The van der Waals surface area contributed by atoms with Crippen molar-refractivity contribution in [3.8, 4) is 5.75 Å². The lowest BCUT2D eigenvalue weighted by molar-refractivity contribution is -0.143. The molecule has 0 spiro atoms. The Morgan fingerprint density at radius 3 is 2.70 bits per heavy atom. The van der Waals surface area contributed by atoms with Gasteiger partial charge < -0.3 is 19.2 Å². The molecule has 2 heterocycles. The van der Waals surface area contributed by atoms with E-state index in [4.69, 9.17) is 9.15 Å². The van der Waals surface area contributed by atoms with Gasteiger partial charge in [-0.25, -0.2) is 4.39 Å². The van der Waals surface area contributed by atoms with Crippen LogP contribution in [0.1, 0.15) is 28.6 Å². The SMILES string of the molecule is COc1ccc(F)cc1C(C(=O)O)N1CCCN(C(=O)c2ccco2)CC1. The van der Waals surface area contributed by atoms with Gasteiger partial charge in [0.05, 0.1) is 13.4 Å². The molecule has 0 bridgehead atoms. The molecule has 1 N–H and O–H groups in total. The smallest absolute Gasteiger partial charge is 0.325 e. The van der Waals surface area contributed by atoms with Gasteiger partial charge in [-0.15, -0.1) is 0 Å². The van der Waals surface area contributed by atoms with Gasteiger partial charge in [-0.05, 0) is 36.8 Å². The Balaban J connectivity index is 1.81. The topological polar surface area (TPSA) is 83.2 Å². The van der Waals surface area contributed by atoms with Gasteiger partial charge in [0.15, 0.2) is 5.76 Å². The number of nitrogens with zero attached hydrogens (tertiary/aromatic N) is 2. The maximum absolute atomic E-state index is 13.7. The molecule has 0 saturated carbocycles. The van der Waals surface area contributed by atoms with Crippen LogP contribution in [0.2, 0.25) is 0 Å². The summed E-state index contributed by atoms with van der Waals surface area (Å²) >= 11 is 0. The summed E-state index contributed by atoms with van der Waals surface area (Å²) in [6.45, 7) is 1.63. The van der Waals surface area contributed by atoms with Crippen molar-refractivity contribution in [3.63, 3.8) is 0 Å². The van der Waals surface area contributed by atoms with Gasteiger partial charge in [-0.3, -0.25) is 14.5 Å². The third-order valence-electron chi connectivity index (χ3n) is 4.64. The highest BCUT2D eigenvalue weighted by atomic mass is 19.1. The van der Waals surface area contributed by atoms with Crippen molar-refractivity contribution in [2.75, 3.05) is 33.3 Å². The normalized spacial score (nSPS) is 16.6. The van der Waals surface area contributed by atoms with Crippen LogP contribution >= 0.6 is 0 Å². The second kappa shape index (κ2) is 8.22. The minimum Gasteiger partial charge on any atom is -0.496 e. The van der Waals surface area contributed by atoms with Crippen LogP contribution in [0, 0.1) is 5.82 Å². The maximum Gasteiger partial charge on any atom is 0.325 e. The number of carboxylic acid groups (broad SMARTS) is 1. The molecule has 1 fully saturated rings. The summed E-state index contributed by atoms with van der Waals surface area (Å²) in [5, 5.41) is 9.79. The number of carboxylic acids is 1. The van der Waals surface area contributed by atoms with E-state index >= 15 is 0 Å². The van der Waals surface area contributed by atoms with Crippen molar-refractivity contribution in [1.29, 1.82) is 0 Å². The molecule has 1 unspecified atom stereocenters. The number of aliphatic carboxylic acids is 1. The van der Waals surface area contributed by atoms with Crippen molar-refractivity contribution in [2.24, 2.45) is 0 Å². The molecular formula is C19H21FN2O5. The molecule has 1 aliphatic heterocycles. The molecule has 1 amide bonds. The van der Waals surface area contributed by atoms with Gasteiger partial charge in [-0.1, -0.05) is 0 Å². The quantitative estimate of drug-likeness (QED) is 0.863. The lowest BCUT2D eigenvalue weighted by atomic mass is 10.0. The number of rotatable bonds is 5. The highest BCUT2D eigenvalue weighted by Gasteiger charge is 2.32. The van der Waals surface area contributed by atoms with Gasteiger partial charge in [-0.2, -0.15) is 0 Å². The van der Waals surface area contributed by atoms with Crippen LogP contribution in [0.25, 0.3) is 0 Å². The third kappa shape index (κ3) is 4.11. The number of carbonyl (C=O) groups is 2. The summed E-state index contributed by atoms with van der Waals surface area (Å²) in [7, 11) is 1.42. The lowest BCUT2D eigenvalue weighted by Gasteiger charge is -2.28. The number of amides is 1. The van der Waals surface area contributed by atoms with Crippen molar-refractivity contribution in [1.82, 2.24) is 9.80 Å². The summed E-state index contributed by atoms with van der Waals surface area (Å²) in [4.78, 5) is 27.8. The van der Waals surface area contributed by atoms with E-state index in [1.807, 2.05) is 0 Å². The fourth-order valence-electron chi connectivity index (χ4n) is 3.36. The first-order chi connectivity index (χ1) is 13.0. The number of halogens is 1. The van der Waals surface area contributed by atoms with Crippen LogP contribution in [0.3, 0.4) is 0 Å². The molecular weight excluding hydrogens is 355 g/mol. The molecule has 2 aromatic rings. The zero-order valence-corrected chi connectivity index (χ0v) is 14.9. The number of hydrogen-bond donors (Lipinski definition) is 1. The number of furan rings is 1. The molecule has 0 radical (unpaired) electrons. The van der Waals surface area contributed by atoms with Crippen LogP contribution in [0.15, 0.2) is 41.0 Å². The number of benzene rings is 1. The van der Waals surface area contributed by atoms with E-state index in [9.17, 15) is 19.1 Å². The Labute approximate surface area is 155 Å². The summed E-state index contributed by atoms with van der Waals surface area (Å²) in [6.07, 6.45) is 2.03. The molecule has 1 aliphatic rings. The first kappa shape index (κ1) is 18.9. The molecule has 1 aromatic carbocycles. The molecule has 27 heavy (non-hydrogen) atoms. The third-order valence-corrected chi connectivity index (χ3v) is 4.64. The van der Waals surface area contributed by atoms with Crippen LogP contribution in [0.5, 0.6) is 5.75 Å². The number of methoxy groups -OCH3 is 1. The fraction of sp³-hybridized carbons (Fsp3) is 0.368. The number of hydrogen-bond acceptors (Lipinski definition) is 5. The Morgan fingerprint density at radius 1 is 1.22 bits per heavy atom. The van der Waals surface area contributed by atoms with Gasteiger partial charge >= 0.3 is 5.97 Å². The zero-order valence-electron chi connectivity index (χ0n) is 14.9. The molecule has 144 valence electrons. The van der Waals surface area contributed by atoms with Gasteiger partial charge in [0.2, 0.25) is 0 Å². The highest BCUT2D eigenvalue weighted by molar-refractivity contribution is 5.91. The minimum atomic E-state index is -1.09. The number of carbonyl (C=O) groups excluding carboxylic acids is 1. The summed E-state index contributed by atoms with van der Waals surface area (Å²) in [6, 6.07) is 6.03. The van der Waals surface area contributed by atoms with Crippen molar-refractivity contribution in [3.05, 3.63) is 53.7 Å². The largest absolute Gasteiger partial charge is 0.496 e. The Kier molecular flexibility index (Phi) is 5.75. The van der Waals surface area contributed by atoms with Crippen LogP contribution < -0.4 is 4.74 Å². The Hall–Kier alpha value is -2.87. The monoisotopic (exact) mass is 376 g/mol. The van der Waals surface area contributed by atoms with Crippen LogP contribution in [-0.4, -0.2) is 60.1 Å². The van der Waals surface area contributed by atoms with Crippen LogP contribution in [0.4, 0.5) is 4.39 Å².